The Balaban J connectivity index is 3.20. The van der Waals surface area contributed by atoms with E-state index in [-0.39, 0.29) is 5.56 Å². The number of carboxylic acids is 1. The molecule has 0 aliphatic heterocycles. The Morgan fingerprint density at radius 3 is 2.39 bits per heavy atom. The van der Waals surface area contributed by atoms with E-state index in [0.717, 1.165) is 12.1 Å². The number of carbonyl (C=O) groups is 1. The van der Waals surface area contributed by atoms with Crippen molar-refractivity contribution in [2.24, 2.45) is 5.73 Å². The molecule has 1 aromatic rings. The van der Waals surface area contributed by atoms with Crippen LogP contribution in [0.4, 0.5) is 17.6 Å². The fraction of sp³-hybridized carbons (Fsp3) is 0.364. The maximum absolute atomic E-state index is 13.0. The predicted molar refractivity (Wildman–Crippen MR) is 55.5 cm³/mol. The molecule has 0 saturated heterocycles. The van der Waals surface area contributed by atoms with Gasteiger partial charge in [0.25, 0.3) is 0 Å². The summed E-state index contributed by atoms with van der Waals surface area (Å²) in [5.74, 6) is -2.94. The molecule has 0 fully saturated rings. The summed E-state index contributed by atoms with van der Waals surface area (Å²) in [6, 6.07) is 3.19. The van der Waals surface area contributed by atoms with Crippen LogP contribution in [0, 0.1) is 12.7 Å². The summed E-state index contributed by atoms with van der Waals surface area (Å²) in [6.07, 6.45) is -6.15. The highest BCUT2D eigenvalue weighted by molar-refractivity contribution is 5.80. The summed E-state index contributed by atoms with van der Waals surface area (Å²) >= 11 is 0. The van der Waals surface area contributed by atoms with Crippen LogP contribution in [-0.2, 0) is 11.2 Å². The van der Waals surface area contributed by atoms with Gasteiger partial charge in [0.15, 0.2) is 0 Å². The van der Waals surface area contributed by atoms with Gasteiger partial charge in [0.1, 0.15) is 5.82 Å². The number of alkyl halides is 3. The van der Waals surface area contributed by atoms with Crippen molar-refractivity contribution >= 4 is 5.97 Å². The van der Waals surface area contributed by atoms with Crippen molar-refractivity contribution in [3.05, 3.63) is 35.1 Å². The van der Waals surface area contributed by atoms with E-state index in [1.807, 2.05) is 0 Å². The lowest BCUT2D eigenvalue weighted by Gasteiger charge is -2.28. The van der Waals surface area contributed by atoms with Crippen LogP contribution in [0.3, 0.4) is 0 Å². The fourth-order valence-electron chi connectivity index (χ4n) is 1.43. The zero-order chi connectivity index (χ0) is 14.1. The minimum absolute atomic E-state index is 0.0859. The molecule has 0 amide bonds. The van der Waals surface area contributed by atoms with Gasteiger partial charge in [-0.05, 0) is 30.2 Å². The molecule has 0 heterocycles. The molecule has 0 saturated carbocycles. The average molecular weight is 265 g/mol. The molecule has 1 rings (SSSR count). The minimum Gasteiger partial charge on any atom is -0.480 e. The van der Waals surface area contributed by atoms with Gasteiger partial charge in [0, 0.05) is 6.42 Å². The number of nitrogens with two attached hydrogens (primary N) is 1. The molecule has 0 radical (unpaired) electrons. The molecule has 1 aromatic carbocycles. The standard InChI is InChI=1S/C11H11F4NO2/c1-6-2-3-8(12)4-7(6)5-10(16,9(17)18)11(13,14)15/h2-4H,5,16H2,1H3,(H,17,18). The molecule has 0 aliphatic carbocycles. The first kappa shape index (κ1) is 14.4. The quantitative estimate of drug-likeness (QED) is 0.822. The second-order valence-corrected chi connectivity index (χ2v) is 4.02. The average Bonchev–Trinajstić information content (AvgIpc) is 2.21. The maximum atomic E-state index is 13.0. The van der Waals surface area contributed by atoms with Crippen LogP contribution in [0.2, 0.25) is 0 Å². The fourth-order valence-corrected chi connectivity index (χ4v) is 1.43. The number of benzene rings is 1. The molecule has 0 aromatic heterocycles. The van der Waals surface area contributed by atoms with Gasteiger partial charge in [-0.2, -0.15) is 13.2 Å². The van der Waals surface area contributed by atoms with Crippen LogP contribution >= 0.6 is 0 Å². The molecular weight excluding hydrogens is 254 g/mol. The van der Waals surface area contributed by atoms with Gasteiger partial charge in [0.2, 0.25) is 5.54 Å². The summed E-state index contributed by atoms with van der Waals surface area (Å²) in [5.41, 5.74) is 1.76. The third kappa shape index (κ3) is 2.61. The maximum Gasteiger partial charge on any atom is 0.417 e. The second-order valence-electron chi connectivity index (χ2n) is 4.02. The molecule has 100 valence electrons. The number of aliphatic carboxylic acids is 1. The van der Waals surface area contributed by atoms with Crippen LogP contribution in [0.5, 0.6) is 0 Å². The van der Waals surface area contributed by atoms with Crippen LogP contribution < -0.4 is 5.73 Å². The van der Waals surface area contributed by atoms with Gasteiger partial charge in [0.05, 0.1) is 0 Å². The van der Waals surface area contributed by atoms with Crippen molar-refractivity contribution in [3.63, 3.8) is 0 Å². The molecule has 1 unspecified atom stereocenters. The van der Waals surface area contributed by atoms with E-state index in [1.54, 1.807) is 0 Å². The van der Waals surface area contributed by atoms with E-state index < -0.39 is 29.9 Å². The van der Waals surface area contributed by atoms with Crippen molar-refractivity contribution in [1.29, 1.82) is 0 Å². The van der Waals surface area contributed by atoms with Crippen LogP contribution in [0.1, 0.15) is 11.1 Å². The molecular formula is C11H11F4NO2. The first-order chi connectivity index (χ1) is 8.08. The SMILES string of the molecule is Cc1ccc(F)cc1CC(N)(C(=O)O)C(F)(F)F. The number of hydrogen-bond acceptors (Lipinski definition) is 2. The predicted octanol–water partition coefficient (Wildman–Crippen LogP) is 2.02. The normalized spacial score (nSPS) is 15.2. The summed E-state index contributed by atoms with van der Waals surface area (Å²) in [4.78, 5) is 10.7. The second kappa shape index (κ2) is 4.56. The Kier molecular flexibility index (Phi) is 3.66. The number of aryl methyl sites for hydroxylation is 1. The zero-order valence-corrected chi connectivity index (χ0v) is 9.38. The first-order valence-corrected chi connectivity index (χ1v) is 4.92. The highest BCUT2D eigenvalue weighted by Gasteiger charge is 2.58. The molecule has 0 aliphatic rings. The van der Waals surface area contributed by atoms with Crippen LogP contribution in [-0.4, -0.2) is 22.8 Å². The molecule has 0 spiro atoms. The number of carboxylic acid groups (broad SMARTS) is 1. The zero-order valence-electron chi connectivity index (χ0n) is 9.38. The van der Waals surface area contributed by atoms with E-state index in [0.29, 0.717) is 5.56 Å². The van der Waals surface area contributed by atoms with Gasteiger partial charge in [-0.3, -0.25) is 0 Å². The Morgan fingerprint density at radius 2 is 1.94 bits per heavy atom. The number of rotatable bonds is 3. The lowest BCUT2D eigenvalue weighted by Crippen LogP contribution is -2.61. The van der Waals surface area contributed by atoms with Crippen molar-refractivity contribution in [2.75, 3.05) is 0 Å². The number of hydrogen-bond donors (Lipinski definition) is 2. The van der Waals surface area contributed by atoms with Gasteiger partial charge in [-0.1, -0.05) is 6.07 Å². The monoisotopic (exact) mass is 265 g/mol. The summed E-state index contributed by atoms with van der Waals surface area (Å²) < 4.78 is 51.0. The highest BCUT2D eigenvalue weighted by atomic mass is 19.4. The smallest absolute Gasteiger partial charge is 0.417 e. The Labute approximate surface area is 100 Å². The molecule has 1 atom stereocenters. The van der Waals surface area contributed by atoms with Crippen LogP contribution in [0.15, 0.2) is 18.2 Å². The minimum atomic E-state index is -5.13. The third-order valence-electron chi connectivity index (χ3n) is 2.67. The molecule has 0 bridgehead atoms. The number of halogens is 4. The molecule has 18 heavy (non-hydrogen) atoms. The van der Waals surface area contributed by atoms with E-state index >= 15 is 0 Å². The van der Waals surface area contributed by atoms with Gasteiger partial charge in [-0.15, -0.1) is 0 Å². The summed E-state index contributed by atoms with van der Waals surface area (Å²) in [6.45, 7) is 1.45. The van der Waals surface area contributed by atoms with E-state index in [2.05, 4.69) is 0 Å². The Bertz CT molecular complexity index is 473. The molecule has 3 N–H and O–H groups in total. The highest BCUT2D eigenvalue weighted by Crippen LogP contribution is 2.32. The molecule has 7 heteroatoms. The van der Waals surface area contributed by atoms with E-state index in [1.165, 1.54) is 13.0 Å². The van der Waals surface area contributed by atoms with Crippen molar-refractivity contribution in [3.8, 4) is 0 Å². The summed E-state index contributed by atoms with van der Waals surface area (Å²) in [5, 5.41) is 8.65. The lowest BCUT2D eigenvalue weighted by molar-refractivity contribution is -0.201. The van der Waals surface area contributed by atoms with Crippen molar-refractivity contribution < 1.29 is 27.5 Å². The van der Waals surface area contributed by atoms with Gasteiger partial charge in [-0.25, -0.2) is 9.18 Å². The van der Waals surface area contributed by atoms with Crippen LogP contribution in [0.25, 0.3) is 0 Å². The molecule has 3 nitrogen and oxygen atoms in total. The van der Waals surface area contributed by atoms with Gasteiger partial charge >= 0.3 is 12.1 Å². The lowest BCUT2D eigenvalue weighted by atomic mass is 9.89. The van der Waals surface area contributed by atoms with E-state index in [9.17, 15) is 22.4 Å². The first-order valence-electron chi connectivity index (χ1n) is 4.92. The largest absolute Gasteiger partial charge is 0.480 e. The van der Waals surface area contributed by atoms with Gasteiger partial charge < -0.3 is 10.8 Å². The van der Waals surface area contributed by atoms with Crippen molar-refractivity contribution in [1.82, 2.24) is 0 Å². The van der Waals surface area contributed by atoms with E-state index in [4.69, 9.17) is 10.8 Å². The third-order valence-corrected chi connectivity index (χ3v) is 2.67. The Hall–Kier alpha value is -1.63. The Morgan fingerprint density at radius 1 is 1.39 bits per heavy atom. The summed E-state index contributed by atoms with van der Waals surface area (Å²) in [7, 11) is 0. The van der Waals surface area contributed by atoms with Crippen molar-refractivity contribution in [2.45, 2.75) is 25.1 Å². The topological polar surface area (TPSA) is 63.3 Å².